The highest BCUT2D eigenvalue weighted by atomic mass is 16.2. The summed E-state index contributed by atoms with van der Waals surface area (Å²) in [5.41, 5.74) is 6.89. The largest absolute Gasteiger partial charge is 0.355 e. The molecule has 1 aromatic rings. The van der Waals surface area contributed by atoms with Crippen molar-refractivity contribution in [1.82, 2.24) is 10.6 Å². The molecule has 0 aliphatic heterocycles. The van der Waals surface area contributed by atoms with Crippen LogP contribution >= 0.6 is 0 Å². The summed E-state index contributed by atoms with van der Waals surface area (Å²) in [7, 11) is 0. The average Bonchev–Trinajstić information content (AvgIpc) is 2.47. The molecule has 0 saturated heterocycles. The third-order valence-corrected chi connectivity index (χ3v) is 3.33. The van der Waals surface area contributed by atoms with Crippen molar-refractivity contribution in [1.29, 1.82) is 0 Å². The van der Waals surface area contributed by atoms with Gasteiger partial charge in [-0.15, -0.1) is 0 Å². The Morgan fingerprint density at radius 2 is 1.77 bits per heavy atom. The highest BCUT2D eigenvalue weighted by Crippen LogP contribution is 2.06. The summed E-state index contributed by atoms with van der Waals surface area (Å²) < 4.78 is 0. The predicted molar refractivity (Wildman–Crippen MR) is 88.2 cm³/mol. The quantitative estimate of drug-likeness (QED) is 0.675. The number of carbonyl (C=O) groups is 2. The first-order valence-electron chi connectivity index (χ1n) is 7.81. The molecule has 22 heavy (non-hydrogen) atoms. The van der Waals surface area contributed by atoms with Gasteiger partial charge in [-0.25, -0.2) is 0 Å². The second kappa shape index (κ2) is 9.20. The van der Waals surface area contributed by atoms with E-state index in [0.29, 0.717) is 25.3 Å². The van der Waals surface area contributed by atoms with E-state index in [1.54, 1.807) is 0 Å². The fourth-order valence-electron chi connectivity index (χ4n) is 2.25. The first kappa shape index (κ1) is 18.2. The van der Waals surface area contributed by atoms with E-state index in [0.717, 1.165) is 5.56 Å². The molecule has 0 radical (unpaired) electrons. The maximum absolute atomic E-state index is 12.2. The van der Waals surface area contributed by atoms with Gasteiger partial charge < -0.3 is 16.4 Å². The number of likely N-dealkylation sites (N-methyl/N-ethyl adjacent to an activating group) is 1. The van der Waals surface area contributed by atoms with Crippen LogP contribution in [0.25, 0.3) is 0 Å². The van der Waals surface area contributed by atoms with Crippen LogP contribution < -0.4 is 16.4 Å². The lowest BCUT2D eigenvalue weighted by Crippen LogP contribution is -2.52. The minimum Gasteiger partial charge on any atom is -0.355 e. The summed E-state index contributed by atoms with van der Waals surface area (Å²) >= 11 is 0. The molecule has 5 nitrogen and oxygen atoms in total. The number of nitrogens with two attached hydrogens (primary N) is 1. The lowest BCUT2D eigenvalue weighted by Gasteiger charge is -2.21. The van der Waals surface area contributed by atoms with Gasteiger partial charge in [0.1, 0.15) is 6.04 Å². The first-order valence-corrected chi connectivity index (χ1v) is 7.81. The summed E-state index contributed by atoms with van der Waals surface area (Å²) in [6.45, 7) is 6.40. The number of hydrogen-bond donors (Lipinski definition) is 3. The molecule has 0 aliphatic carbocycles. The van der Waals surface area contributed by atoms with Crippen molar-refractivity contribution >= 4 is 11.8 Å². The Hall–Kier alpha value is -1.88. The van der Waals surface area contributed by atoms with E-state index in [1.165, 1.54) is 0 Å². The third-order valence-electron chi connectivity index (χ3n) is 3.33. The maximum Gasteiger partial charge on any atom is 0.242 e. The van der Waals surface area contributed by atoms with Crippen molar-refractivity contribution in [3.05, 3.63) is 35.9 Å². The molecule has 0 fully saturated rings. The van der Waals surface area contributed by atoms with E-state index in [1.807, 2.05) is 51.1 Å². The molecule has 0 aliphatic rings. The van der Waals surface area contributed by atoms with Gasteiger partial charge in [-0.1, -0.05) is 44.2 Å². The Bertz CT molecular complexity index is 474. The number of carbonyl (C=O) groups excluding carboxylic acids is 2. The van der Waals surface area contributed by atoms with Crippen molar-refractivity contribution in [3.8, 4) is 0 Å². The van der Waals surface area contributed by atoms with Gasteiger partial charge in [-0.05, 0) is 24.8 Å². The second-order valence-corrected chi connectivity index (χ2v) is 5.88. The zero-order chi connectivity index (χ0) is 16.5. The summed E-state index contributed by atoms with van der Waals surface area (Å²) in [6.07, 6.45) is 1.05. The minimum atomic E-state index is -0.604. The highest BCUT2D eigenvalue weighted by Gasteiger charge is 2.24. The van der Waals surface area contributed by atoms with Crippen molar-refractivity contribution in [2.24, 2.45) is 11.7 Å². The van der Waals surface area contributed by atoms with E-state index < -0.39 is 12.1 Å². The Morgan fingerprint density at radius 3 is 2.32 bits per heavy atom. The Balaban J connectivity index is 2.73. The van der Waals surface area contributed by atoms with Crippen LogP contribution in [0.5, 0.6) is 0 Å². The maximum atomic E-state index is 12.2. The normalized spacial score (nSPS) is 13.5. The van der Waals surface area contributed by atoms with Gasteiger partial charge in [0.15, 0.2) is 0 Å². The van der Waals surface area contributed by atoms with Crippen LogP contribution in [0.4, 0.5) is 0 Å². The summed E-state index contributed by atoms with van der Waals surface area (Å²) in [6, 6.07) is 8.42. The zero-order valence-electron chi connectivity index (χ0n) is 13.6. The molecular formula is C17H27N3O2. The van der Waals surface area contributed by atoms with Gasteiger partial charge in [-0.3, -0.25) is 9.59 Å². The molecule has 0 saturated carbocycles. The predicted octanol–water partition coefficient (Wildman–Crippen LogP) is 1.22. The summed E-state index contributed by atoms with van der Waals surface area (Å²) in [4.78, 5) is 24.3. The van der Waals surface area contributed by atoms with E-state index in [-0.39, 0.29) is 11.8 Å². The van der Waals surface area contributed by atoms with Gasteiger partial charge in [0.25, 0.3) is 0 Å². The van der Waals surface area contributed by atoms with Crippen LogP contribution in [0.3, 0.4) is 0 Å². The van der Waals surface area contributed by atoms with Crippen molar-refractivity contribution < 1.29 is 9.59 Å². The Labute approximate surface area is 132 Å². The van der Waals surface area contributed by atoms with E-state index in [4.69, 9.17) is 5.73 Å². The number of nitrogens with one attached hydrogen (secondary N) is 2. The van der Waals surface area contributed by atoms with E-state index in [2.05, 4.69) is 10.6 Å². The number of hydrogen-bond acceptors (Lipinski definition) is 3. The molecule has 0 aromatic heterocycles. The van der Waals surface area contributed by atoms with Crippen molar-refractivity contribution in [3.63, 3.8) is 0 Å². The number of rotatable bonds is 8. The molecule has 0 bridgehead atoms. The van der Waals surface area contributed by atoms with Gasteiger partial charge >= 0.3 is 0 Å². The molecule has 2 atom stereocenters. The molecule has 2 amide bonds. The van der Waals surface area contributed by atoms with Crippen molar-refractivity contribution in [2.45, 2.75) is 45.7 Å². The lowest BCUT2D eigenvalue weighted by molar-refractivity contribution is -0.129. The minimum absolute atomic E-state index is 0.184. The molecule has 122 valence electrons. The first-order chi connectivity index (χ1) is 10.4. The molecular weight excluding hydrogens is 278 g/mol. The molecule has 0 heterocycles. The standard InChI is InChI=1S/C17H27N3O2/c1-4-19-17(22)15(11-13-8-6-5-7-9-13)20-16(21)14(18)10-12(2)3/h5-9,12,14-15H,4,10-11,18H2,1-3H3,(H,19,22)(H,20,21). The highest BCUT2D eigenvalue weighted by molar-refractivity contribution is 5.89. The van der Waals surface area contributed by atoms with Gasteiger partial charge in [0.2, 0.25) is 11.8 Å². The smallest absolute Gasteiger partial charge is 0.242 e. The molecule has 2 unspecified atom stereocenters. The van der Waals surface area contributed by atoms with Crippen LogP contribution in [-0.4, -0.2) is 30.4 Å². The Kier molecular flexibility index (Phi) is 7.60. The number of amides is 2. The van der Waals surface area contributed by atoms with Crippen LogP contribution in [0, 0.1) is 5.92 Å². The summed E-state index contributed by atoms with van der Waals surface area (Å²) in [5, 5.41) is 5.54. The van der Waals surface area contributed by atoms with Crippen molar-refractivity contribution in [2.75, 3.05) is 6.54 Å². The Morgan fingerprint density at radius 1 is 1.14 bits per heavy atom. The lowest BCUT2D eigenvalue weighted by atomic mass is 10.0. The monoisotopic (exact) mass is 305 g/mol. The van der Waals surface area contributed by atoms with Gasteiger partial charge in [-0.2, -0.15) is 0 Å². The SMILES string of the molecule is CCNC(=O)C(Cc1ccccc1)NC(=O)C(N)CC(C)C. The van der Waals surface area contributed by atoms with E-state index >= 15 is 0 Å². The van der Waals surface area contributed by atoms with Crippen LogP contribution in [0.1, 0.15) is 32.8 Å². The molecule has 1 rings (SSSR count). The van der Waals surface area contributed by atoms with E-state index in [9.17, 15) is 9.59 Å². The zero-order valence-corrected chi connectivity index (χ0v) is 13.6. The van der Waals surface area contributed by atoms with Crippen LogP contribution in [0.15, 0.2) is 30.3 Å². The second-order valence-electron chi connectivity index (χ2n) is 5.88. The molecule has 4 N–H and O–H groups in total. The number of benzene rings is 1. The fourth-order valence-corrected chi connectivity index (χ4v) is 2.25. The molecule has 1 aromatic carbocycles. The van der Waals surface area contributed by atoms with Crippen LogP contribution in [0.2, 0.25) is 0 Å². The molecule has 5 heteroatoms. The van der Waals surface area contributed by atoms with Crippen LogP contribution in [-0.2, 0) is 16.0 Å². The summed E-state index contributed by atoms with van der Waals surface area (Å²) in [5.74, 6) is -0.130. The average molecular weight is 305 g/mol. The molecule has 0 spiro atoms. The van der Waals surface area contributed by atoms with Gasteiger partial charge in [0.05, 0.1) is 6.04 Å². The topological polar surface area (TPSA) is 84.2 Å². The third kappa shape index (κ3) is 6.26. The fraction of sp³-hybridized carbons (Fsp3) is 0.529. The van der Waals surface area contributed by atoms with Gasteiger partial charge in [0, 0.05) is 13.0 Å².